The van der Waals surface area contributed by atoms with E-state index in [1.165, 1.54) is 12.2 Å². The van der Waals surface area contributed by atoms with Gasteiger partial charge in [0.15, 0.2) is 5.69 Å². The molecule has 4 heterocycles. The fourth-order valence-corrected chi connectivity index (χ4v) is 5.36. The van der Waals surface area contributed by atoms with E-state index in [0.29, 0.717) is 50.3 Å². The van der Waals surface area contributed by atoms with Crippen molar-refractivity contribution >= 4 is 17.7 Å². The highest BCUT2D eigenvalue weighted by Gasteiger charge is 2.35. The summed E-state index contributed by atoms with van der Waals surface area (Å²) in [6.07, 6.45) is 14.6. The molecule has 0 aliphatic carbocycles. The zero-order chi connectivity index (χ0) is 34.2. The lowest BCUT2D eigenvalue weighted by Crippen LogP contribution is -2.46. The van der Waals surface area contributed by atoms with Gasteiger partial charge < -0.3 is 20.1 Å². The van der Waals surface area contributed by atoms with Gasteiger partial charge in [-0.25, -0.2) is 4.39 Å². The molecule has 2 aromatic heterocycles. The van der Waals surface area contributed by atoms with Crippen LogP contribution in [0.1, 0.15) is 85.6 Å². The highest BCUT2D eigenvalue weighted by molar-refractivity contribution is 5.96. The summed E-state index contributed by atoms with van der Waals surface area (Å²) in [7, 11) is 0. The van der Waals surface area contributed by atoms with Crippen molar-refractivity contribution in [1.29, 1.82) is 0 Å². The number of amides is 3. The molecule has 0 spiro atoms. The SMILES string of the molecule is C=C/C=C\C.C=CC(=O)N1CCC(NC(=O)c2nn(CC(/C=C\C(=C)F)=C/C)c3c2CN(C(=O)c2ccc[nH]2)CC3C)CC1.CC. The van der Waals surface area contributed by atoms with Crippen LogP contribution < -0.4 is 5.32 Å². The van der Waals surface area contributed by atoms with Crippen LogP contribution in [0.25, 0.3) is 0 Å². The van der Waals surface area contributed by atoms with Gasteiger partial charge in [0.05, 0.1) is 13.1 Å². The lowest BCUT2D eigenvalue weighted by Gasteiger charge is -2.32. The van der Waals surface area contributed by atoms with Gasteiger partial charge in [-0.3, -0.25) is 19.1 Å². The molecular formula is C36H49FN6O3. The first-order chi connectivity index (χ1) is 22.1. The maximum Gasteiger partial charge on any atom is 0.272 e. The second-order valence-corrected chi connectivity index (χ2v) is 10.7. The second-order valence-electron chi connectivity index (χ2n) is 10.7. The van der Waals surface area contributed by atoms with Gasteiger partial charge in [0.25, 0.3) is 11.8 Å². The van der Waals surface area contributed by atoms with Crippen LogP contribution in [0.2, 0.25) is 0 Å². The predicted molar refractivity (Wildman–Crippen MR) is 183 cm³/mol. The van der Waals surface area contributed by atoms with Gasteiger partial charge in [-0.2, -0.15) is 5.10 Å². The molecule has 1 fully saturated rings. The van der Waals surface area contributed by atoms with Crippen molar-refractivity contribution in [3.05, 3.63) is 115 Å². The maximum atomic E-state index is 13.6. The molecule has 4 rings (SSSR count). The molecule has 0 saturated carbocycles. The van der Waals surface area contributed by atoms with Crippen molar-refractivity contribution in [2.45, 2.75) is 72.5 Å². The zero-order valence-corrected chi connectivity index (χ0v) is 27.9. The number of halogens is 1. The Morgan fingerprint density at radius 2 is 1.83 bits per heavy atom. The number of H-pyrrole nitrogens is 1. The number of rotatable bonds is 9. The molecular weight excluding hydrogens is 583 g/mol. The Labute approximate surface area is 272 Å². The number of piperidine rings is 1. The third-order valence-corrected chi connectivity index (χ3v) is 7.56. The van der Waals surface area contributed by atoms with Crippen molar-refractivity contribution in [3.63, 3.8) is 0 Å². The number of aromatic amines is 1. The quantitative estimate of drug-likeness (QED) is 0.239. The van der Waals surface area contributed by atoms with Gasteiger partial charge >= 0.3 is 0 Å². The number of nitrogens with one attached hydrogen (secondary N) is 2. The molecule has 0 radical (unpaired) electrons. The maximum absolute atomic E-state index is 13.6. The fraction of sp³-hybridized carbons (Fsp3) is 0.389. The molecule has 2 N–H and O–H groups in total. The first kappa shape index (κ1) is 37.5. The summed E-state index contributed by atoms with van der Waals surface area (Å²) in [5.74, 6) is -1.21. The van der Waals surface area contributed by atoms with Gasteiger partial charge in [0.2, 0.25) is 5.91 Å². The van der Waals surface area contributed by atoms with Crippen molar-refractivity contribution in [3.8, 4) is 0 Å². The van der Waals surface area contributed by atoms with E-state index in [0.717, 1.165) is 11.3 Å². The van der Waals surface area contributed by atoms with Crippen LogP contribution in [-0.2, 0) is 17.9 Å². The van der Waals surface area contributed by atoms with Crippen molar-refractivity contribution in [2.75, 3.05) is 19.6 Å². The number of hydrogen-bond donors (Lipinski definition) is 2. The fourth-order valence-electron chi connectivity index (χ4n) is 5.36. The van der Waals surface area contributed by atoms with Crippen molar-refractivity contribution < 1.29 is 18.8 Å². The van der Waals surface area contributed by atoms with E-state index in [9.17, 15) is 18.8 Å². The van der Waals surface area contributed by atoms with Crippen LogP contribution in [0, 0.1) is 0 Å². The van der Waals surface area contributed by atoms with Gasteiger partial charge in [-0.05, 0) is 56.5 Å². The van der Waals surface area contributed by atoms with E-state index in [1.54, 1.807) is 45.0 Å². The first-order valence-corrected chi connectivity index (χ1v) is 15.8. The highest BCUT2D eigenvalue weighted by atomic mass is 19.1. The Hall–Kier alpha value is -4.73. The summed E-state index contributed by atoms with van der Waals surface area (Å²) < 4.78 is 15.1. The molecule has 248 valence electrons. The molecule has 1 atom stereocenters. The number of aromatic nitrogens is 3. The molecule has 1 saturated heterocycles. The standard InChI is InChI=1S/C29H35FN6O3.C5H8.C2H6/c1-5-21(10-9-20(4)30)17-36-27-19(3)16-35(29(39)24-8-7-13-31-24)18-23(27)26(33-36)28(38)32-22-11-14-34(15-12-22)25(37)6-2;1-3-5-4-2;1-2/h5-10,13,19,22,31H,2,4,11-12,14-18H2,1,3H3,(H,32,38);3-5H,1H2,2H3;1-2H3/b10-9-,21-5+;5-4-;. The average Bonchev–Trinajstić information content (AvgIpc) is 3.73. The smallest absolute Gasteiger partial charge is 0.272 e. The Kier molecular flexibility index (Phi) is 15.4. The summed E-state index contributed by atoms with van der Waals surface area (Å²) in [6, 6.07) is 3.40. The van der Waals surface area contributed by atoms with Gasteiger partial charge in [0, 0.05) is 49.0 Å². The number of carbonyl (C=O) groups is 3. The Bertz CT molecular complexity index is 1440. The molecule has 1 unspecified atom stereocenters. The number of hydrogen-bond acceptors (Lipinski definition) is 4. The van der Waals surface area contributed by atoms with E-state index < -0.39 is 5.83 Å². The van der Waals surface area contributed by atoms with Crippen LogP contribution in [0.5, 0.6) is 0 Å². The molecule has 46 heavy (non-hydrogen) atoms. The lowest BCUT2D eigenvalue weighted by molar-refractivity contribution is -0.127. The number of allylic oxidation sites excluding steroid dienone is 8. The minimum Gasteiger partial charge on any atom is -0.357 e. The Morgan fingerprint density at radius 3 is 2.35 bits per heavy atom. The van der Waals surface area contributed by atoms with E-state index in [4.69, 9.17) is 5.10 Å². The predicted octanol–water partition coefficient (Wildman–Crippen LogP) is 6.64. The molecule has 0 aromatic carbocycles. The minimum absolute atomic E-state index is 0.0897. The number of carbonyl (C=O) groups excluding carboxylic acids is 3. The van der Waals surface area contributed by atoms with Crippen LogP contribution in [0.15, 0.2) is 92.0 Å². The van der Waals surface area contributed by atoms with Crippen LogP contribution in [-0.4, -0.2) is 68.0 Å². The van der Waals surface area contributed by atoms with E-state index in [1.807, 2.05) is 52.8 Å². The summed E-state index contributed by atoms with van der Waals surface area (Å²) in [4.78, 5) is 45.1. The van der Waals surface area contributed by atoms with Gasteiger partial charge in [-0.15, -0.1) is 0 Å². The minimum atomic E-state index is -0.551. The third kappa shape index (κ3) is 10.2. The third-order valence-electron chi connectivity index (χ3n) is 7.56. The van der Waals surface area contributed by atoms with E-state index in [-0.39, 0.29) is 41.9 Å². The van der Waals surface area contributed by atoms with Crippen LogP contribution in [0.4, 0.5) is 4.39 Å². The van der Waals surface area contributed by atoms with Crippen LogP contribution in [0.3, 0.4) is 0 Å². The molecule has 2 aliphatic heterocycles. The largest absolute Gasteiger partial charge is 0.357 e. The van der Waals surface area contributed by atoms with Crippen molar-refractivity contribution in [2.24, 2.45) is 0 Å². The monoisotopic (exact) mass is 632 g/mol. The zero-order valence-electron chi connectivity index (χ0n) is 27.9. The summed E-state index contributed by atoms with van der Waals surface area (Å²) in [5.41, 5.74) is 3.16. The number of likely N-dealkylation sites (tertiary alicyclic amines) is 1. The number of fused-ring (bicyclic) bond motifs is 1. The lowest BCUT2D eigenvalue weighted by atomic mass is 9.95. The van der Waals surface area contributed by atoms with Gasteiger partial charge in [-0.1, -0.05) is 70.9 Å². The normalized spacial score (nSPS) is 16.6. The van der Waals surface area contributed by atoms with Crippen LogP contribution >= 0.6 is 0 Å². The second kappa shape index (κ2) is 18.9. The van der Waals surface area contributed by atoms with E-state index >= 15 is 0 Å². The highest BCUT2D eigenvalue weighted by Crippen LogP contribution is 2.32. The van der Waals surface area contributed by atoms with Crippen molar-refractivity contribution in [1.82, 2.24) is 29.9 Å². The summed E-state index contributed by atoms with van der Waals surface area (Å²) in [5, 5.41) is 7.82. The molecule has 10 heteroatoms. The summed E-state index contributed by atoms with van der Waals surface area (Å²) >= 11 is 0. The average molecular weight is 633 g/mol. The first-order valence-electron chi connectivity index (χ1n) is 15.8. The van der Waals surface area contributed by atoms with Gasteiger partial charge in [0.1, 0.15) is 11.5 Å². The Balaban J connectivity index is 0.000000959. The summed E-state index contributed by atoms with van der Waals surface area (Å²) in [6.45, 7) is 22.2. The molecule has 0 bridgehead atoms. The molecule has 3 amide bonds. The molecule has 9 nitrogen and oxygen atoms in total. The molecule has 2 aliphatic rings. The number of nitrogens with zero attached hydrogens (tertiary/aromatic N) is 4. The Morgan fingerprint density at radius 1 is 1.13 bits per heavy atom. The topological polar surface area (TPSA) is 103 Å². The molecule has 2 aromatic rings. The van der Waals surface area contributed by atoms with E-state index in [2.05, 4.69) is 30.0 Å².